The maximum absolute atomic E-state index is 11.8. The summed E-state index contributed by atoms with van der Waals surface area (Å²) in [4.78, 5) is 22.8. The molecule has 1 aliphatic carbocycles. The molecule has 1 amide bonds. The summed E-state index contributed by atoms with van der Waals surface area (Å²) >= 11 is 0. The molecule has 18 heavy (non-hydrogen) atoms. The standard InChI is InChI=1S/C14H25NO3/c1-2-3-6-9-15-12(16)10-14(11-13(17)18)7-4-5-8-14/h2-11H2,1H3,(H,15,16)(H,17,18). The van der Waals surface area contributed by atoms with Crippen molar-refractivity contribution < 1.29 is 14.7 Å². The van der Waals surface area contributed by atoms with Crippen molar-refractivity contribution in [2.45, 2.75) is 64.7 Å². The Morgan fingerprint density at radius 1 is 1.17 bits per heavy atom. The zero-order valence-electron chi connectivity index (χ0n) is 11.3. The minimum atomic E-state index is -0.782. The smallest absolute Gasteiger partial charge is 0.303 e. The van der Waals surface area contributed by atoms with Crippen molar-refractivity contribution in [1.82, 2.24) is 5.32 Å². The van der Waals surface area contributed by atoms with Gasteiger partial charge < -0.3 is 10.4 Å². The number of hydrogen-bond acceptors (Lipinski definition) is 2. The first kappa shape index (κ1) is 15.0. The van der Waals surface area contributed by atoms with Gasteiger partial charge in [-0.3, -0.25) is 9.59 Å². The number of amides is 1. The van der Waals surface area contributed by atoms with Crippen molar-refractivity contribution in [3.63, 3.8) is 0 Å². The molecule has 0 aromatic heterocycles. The van der Waals surface area contributed by atoms with E-state index in [-0.39, 0.29) is 17.7 Å². The van der Waals surface area contributed by atoms with Crippen LogP contribution < -0.4 is 5.32 Å². The molecule has 4 nitrogen and oxygen atoms in total. The molecular weight excluding hydrogens is 230 g/mol. The summed E-state index contributed by atoms with van der Waals surface area (Å²) in [5.74, 6) is -0.759. The van der Waals surface area contributed by atoms with E-state index in [9.17, 15) is 9.59 Å². The Bertz CT molecular complexity index is 283. The average Bonchev–Trinajstić information content (AvgIpc) is 2.71. The second kappa shape index (κ2) is 7.39. The van der Waals surface area contributed by atoms with Crippen LogP contribution in [0.15, 0.2) is 0 Å². The van der Waals surface area contributed by atoms with Crippen molar-refractivity contribution in [1.29, 1.82) is 0 Å². The van der Waals surface area contributed by atoms with E-state index in [2.05, 4.69) is 12.2 Å². The number of carbonyl (C=O) groups excluding carboxylic acids is 1. The first-order valence-corrected chi connectivity index (χ1v) is 7.06. The summed E-state index contributed by atoms with van der Waals surface area (Å²) in [7, 11) is 0. The fraction of sp³-hybridized carbons (Fsp3) is 0.857. The van der Waals surface area contributed by atoms with Gasteiger partial charge in [-0.05, 0) is 24.7 Å². The Morgan fingerprint density at radius 3 is 2.39 bits per heavy atom. The Morgan fingerprint density at radius 2 is 1.83 bits per heavy atom. The maximum atomic E-state index is 11.8. The van der Waals surface area contributed by atoms with Crippen LogP contribution in [0.5, 0.6) is 0 Å². The van der Waals surface area contributed by atoms with Crippen molar-refractivity contribution >= 4 is 11.9 Å². The summed E-state index contributed by atoms with van der Waals surface area (Å²) in [6.45, 7) is 2.85. The molecule has 0 atom stereocenters. The number of rotatable bonds is 8. The Kier molecular flexibility index (Phi) is 6.16. The van der Waals surface area contributed by atoms with Crippen molar-refractivity contribution in [3.05, 3.63) is 0 Å². The summed E-state index contributed by atoms with van der Waals surface area (Å²) in [5, 5.41) is 11.9. The molecule has 0 aromatic carbocycles. The summed E-state index contributed by atoms with van der Waals surface area (Å²) in [6, 6.07) is 0. The van der Waals surface area contributed by atoms with E-state index < -0.39 is 5.97 Å². The van der Waals surface area contributed by atoms with Gasteiger partial charge in [0.2, 0.25) is 5.91 Å². The summed E-state index contributed by atoms with van der Waals surface area (Å²) in [6.07, 6.45) is 7.64. The second-order valence-electron chi connectivity index (χ2n) is 5.51. The lowest BCUT2D eigenvalue weighted by molar-refractivity contribution is -0.140. The van der Waals surface area contributed by atoms with E-state index in [0.29, 0.717) is 6.42 Å². The summed E-state index contributed by atoms with van der Waals surface area (Å²) < 4.78 is 0. The van der Waals surface area contributed by atoms with Gasteiger partial charge in [-0.15, -0.1) is 0 Å². The lowest BCUT2D eigenvalue weighted by atomic mass is 9.79. The number of carboxylic acid groups (broad SMARTS) is 1. The van der Waals surface area contributed by atoms with E-state index in [0.717, 1.165) is 51.5 Å². The van der Waals surface area contributed by atoms with Crippen LogP contribution in [-0.2, 0) is 9.59 Å². The van der Waals surface area contributed by atoms with Gasteiger partial charge in [0.25, 0.3) is 0 Å². The zero-order chi connectivity index (χ0) is 13.4. The predicted octanol–water partition coefficient (Wildman–Crippen LogP) is 2.72. The first-order chi connectivity index (χ1) is 8.58. The molecule has 1 aliphatic rings. The van der Waals surface area contributed by atoms with Crippen molar-refractivity contribution in [3.8, 4) is 0 Å². The quantitative estimate of drug-likeness (QED) is 0.655. The highest BCUT2D eigenvalue weighted by Gasteiger charge is 2.37. The van der Waals surface area contributed by atoms with Crippen LogP contribution in [0.2, 0.25) is 0 Å². The minimum absolute atomic E-state index is 0.0225. The van der Waals surface area contributed by atoms with Gasteiger partial charge in [0.15, 0.2) is 0 Å². The third-order valence-electron chi connectivity index (χ3n) is 3.83. The highest BCUT2D eigenvalue weighted by Crippen LogP contribution is 2.43. The van der Waals surface area contributed by atoms with Gasteiger partial charge in [-0.25, -0.2) is 0 Å². The van der Waals surface area contributed by atoms with Gasteiger partial charge in [0, 0.05) is 13.0 Å². The molecule has 0 heterocycles. The molecule has 1 saturated carbocycles. The summed E-state index contributed by atoms with van der Waals surface area (Å²) in [5.41, 5.74) is -0.277. The van der Waals surface area contributed by atoms with E-state index in [1.165, 1.54) is 0 Å². The topological polar surface area (TPSA) is 66.4 Å². The van der Waals surface area contributed by atoms with Crippen molar-refractivity contribution in [2.75, 3.05) is 6.54 Å². The first-order valence-electron chi connectivity index (χ1n) is 7.06. The number of aliphatic carboxylic acids is 1. The Hall–Kier alpha value is -1.06. The molecule has 0 unspecified atom stereocenters. The molecule has 4 heteroatoms. The highest BCUT2D eigenvalue weighted by molar-refractivity contribution is 5.78. The third kappa shape index (κ3) is 5.07. The van der Waals surface area contributed by atoms with Crippen LogP contribution in [0, 0.1) is 5.41 Å². The molecule has 0 aromatic rings. The van der Waals surface area contributed by atoms with E-state index in [1.807, 2.05) is 0 Å². The molecule has 0 spiro atoms. The van der Waals surface area contributed by atoms with Gasteiger partial charge in [0.1, 0.15) is 0 Å². The molecule has 1 fully saturated rings. The number of carbonyl (C=O) groups is 2. The highest BCUT2D eigenvalue weighted by atomic mass is 16.4. The molecule has 1 rings (SSSR count). The van der Waals surface area contributed by atoms with E-state index in [4.69, 9.17) is 5.11 Å². The van der Waals surface area contributed by atoms with Gasteiger partial charge in [-0.1, -0.05) is 32.6 Å². The molecule has 0 radical (unpaired) electrons. The van der Waals surface area contributed by atoms with Crippen LogP contribution in [0.25, 0.3) is 0 Å². The maximum Gasteiger partial charge on any atom is 0.303 e. The van der Waals surface area contributed by atoms with Gasteiger partial charge in [-0.2, -0.15) is 0 Å². The SMILES string of the molecule is CCCCCNC(=O)CC1(CC(=O)O)CCCC1. The van der Waals surface area contributed by atoms with Gasteiger partial charge in [0.05, 0.1) is 6.42 Å². The fourth-order valence-corrected chi connectivity index (χ4v) is 2.87. The van der Waals surface area contributed by atoms with E-state index in [1.54, 1.807) is 0 Å². The molecule has 0 bridgehead atoms. The Labute approximate surface area is 109 Å². The largest absolute Gasteiger partial charge is 0.481 e. The van der Waals surface area contributed by atoms with Crippen LogP contribution in [0.1, 0.15) is 64.7 Å². The van der Waals surface area contributed by atoms with Crippen LogP contribution in [0.4, 0.5) is 0 Å². The molecule has 2 N–H and O–H groups in total. The fourth-order valence-electron chi connectivity index (χ4n) is 2.87. The normalized spacial score (nSPS) is 17.6. The third-order valence-corrected chi connectivity index (χ3v) is 3.83. The van der Waals surface area contributed by atoms with Crippen LogP contribution >= 0.6 is 0 Å². The molecular formula is C14H25NO3. The number of nitrogens with one attached hydrogen (secondary N) is 1. The number of unbranched alkanes of at least 4 members (excludes halogenated alkanes) is 2. The molecule has 0 aliphatic heterocycles. The van der Waals surface area contributed by atoms with E-state index >= 15 is 0 Å². The Balaban J connectivity index is 2.36. The monoisotopic (exact) mass is 255 g/mol. The second-order valence-corrected chi connectivity index (χ2v) is 5.51. The van der Waals surface area contributed by atoms with Crippen LogP contribution in [-0.4, -0.2) is 23.5 Å². The van der Waals surface area contributed by atoms with Crippen molar-refractivity contribution in [2.24, 2.45) is 5.41 Å². The number of hydrogen-bond donors (Lipinski definition) is 2. The lowest BCUT2D eigenvalue weighted by Crippen LogP contribution is -2.32. The molecule has 104 valence electrons. The van der Waals surface area contributed by atoms with Gasteiger partial charge >= 0.3 is 5.97 Å². The predicted molar refractivity (Wildman–Crippen MR) is 70.3 cm³/mol. The minimum Gasteiger partial charge on any atom is -0.481 e. The lowest BCUT2D eigenvalue weighted by Gasteiger charge is -2.26. The zero-order valence-corrected chi connectivity index (χ0v) is 11.3. The molecule has 0 saturated heterocycles. The van der Waals surface area contributed by atoms with Crippen LogP contribution in [0.3, 0.4) is 0 Å². The number of carboxylic acids is 1. The average molecular weight is 255 g/mol.